The second-order valence-corrected chi connectivity index (χ2v) is 5.80. The molecule has 0 radical (unpaired) electrons. The summed E-state index contributed by atoms with van der Waals surface area (Å²) < 4.78 is 23.1. The maximum absolute atomic E-state index is 11.6. The van der Waals surface area contributed by atoms with Gasteiger partial charge >= 0.3 is 0 Å². The van der Waals surface area contributed by atoms with Crippen molar-refractivity contribution in [2.24, 2.45) is 0 Å². The number of hydrogen-bond donors (Lipinski definition) is 2. The van der Waals surface area contributed by atoms with E-state index < -0.39 is 9.84 Å². The van der Waals surface area contributed by atoms with E-state index in [1.807, 2.05) is 24.4 Å². The minimum absolute atomic E-state index is 0.326. The smallest absolute Gasteiger partial charge is 0.177 e. The first-order valence-corrected chi connectivity index (χ1v) is 7.12. The number of aromatic nitrogens is 1. The van der Waals surface area contributed by atoms with Gasteiger partial charge < -0.3 is 10.3 Å². The van der Waals surface area contributed by atoms with Crippen molar-refractivity contribution in [1.82, 2.24) is 4.98 Å². The number of benzene rings is 1. The predicted octanol–water partition coefficient (Wildman–Crippen LogP) is 2.03. The van der Waals surface area contributed by atoms with Crippen molar-refractivity contribution in [3.63, 3.8) is 0 Å². The van der Waals surface area contributed by atoms with Crippen LogP contribution < -0.4 is 5.32 Å². The molecule has 0 unspecified atom stereocenters. The summed E-state index contributed by atoms with van der Waals surface area (Å²) in [5.41, 5.74) is 1.64. The highest BCUT2D eigenvalue weighted by Crippen LogP contribution is 2.20. The summed E-state index contributed by atoms with van der Waals surface area (Å²) in [7, 11) is -3.20. The quantitative estimate of drug-likeness (QED) is 0.872. The third-order valence-corrected chi connectivity index (χ3v) is 3.57. The Labute approximate surface area is 101 Å². The monoisotopic (exact) mass is 250 g/mol. The molecular weight excluding hydrogens is 236 g/mol. The lowest BCUT2D eigenvalue weighted by atomic mass is 10.3. The maximum Gasteiger partial charge on any atom is 0.177 e. The normalized spacial score (nSPS) is 11.4. The standard InChI is InChI=1S/C12H14N2O2S/c1-17(15,16)12-7-3-2-6-11(12)14-9-10-5-4-8-13-10/h2-8,13-14H,9H2,1H3. The van der Waals surface area contributed by atoms with E-state index in [-0.39, 0.29) is 0 Å². The Kier molecular flexibility index (Phi) is 3.19. The van der Waals surface area contributed by atoms with Gasteiger partial charge in [-0.2, -0.15) is 0 Å². The van der Waals surface area contributed by atoms with Crippen molar-refractivity contribution in [3.05, 3.63) is 48.3 Å². The highest BCUT2D eigenvalue weighted by atomic mass is 32.2. The predicted molar refractivity (Wildman–Crippen MR) is 67.7 cm³/mol. The minimum atomic E-state index is -3.20. The summed E-state index contributed by atoms with van der Waals surface area (Å²) in [6.45, 7) is 0.569. The summed E-state index contributed by atoms with van der Waals surface area (Å²) in [5.74, 6) is 0. The lowest BCUT2D eigenvalue weighted by Gasteiger charge is -2.09. The van der Waals surface area contributed by atoms with Crippen molar-refractivity contribution in [3.8, 4) is 0 Å². The first-order valence-electron chi connectivity index (χ1n) is 5.22. The van der Waals surface area contributed by atoms with Gasteiger partial charge in [0.2, 0.25) is 0 Å². The average molecular weight is 250 g/mol. The summed E-state index contributed by atoms with van der Waals surface area (Å²) in [6.07, 6.45) is 3.04. The molecule has 2 N–H and O–H groups in total. The summed E-state index contributed by atoms with van der Waals surface area (Å²) in [4.78, 5) is 3.38. The second kappa shape index (κ2) is 4.63. The molecule has 17 heavy (non-hydrogen) atoms. The van der Waals surface area contributed by atoms with Crippen LogP contribution in [0.25, 0.3) is 0 Å². The molecule has 0 atom stereocenters. The molecular formula is C12H14N2O2S. The fourth-order valence-electron chi connectivity index (χ4n) is 1.60. The van der Waals surface area contributed by atoms with E-state index in [1.165, 1.54) is 6.26 Å². The number of para-hydroxylation sites is 1. The van der Waals surface area contributed by atoms with Crippen LogP contribution in [0.5, 0.6) is 0 Å². The zero-order valence-electron chi connectivity index (χ0n) is 9.47. The van der Waals surface area contributed by atoms with E-state index in [0.29, 0.717) is 17.1 Å². The fourth-order valence-corrected chi connectivity index (χ4v) is 2.47. The van der Waals surface area contributed by atoms with Crippen molar-refractivity contribution in [2.75, 3.05) is 11.6 Å². The number of H-pyrrole nitrogens is 1. The van der Waals surface area contributed by atoms with Gasteiger partial charge in [-0.1, -0.05) is 12.1 Å². The zero-order valence-corrected chi connectivity index (χ0v) is 10.3. The SMILES string of the molecule is CS(=O)(=O)c1ccccc1NCc1ccc[nH]1. The van der Waals surface area contributed by atoms with Crippen LogP contribution in [0.3, 0.4) is 0 Å². The molecule has 1 heterocycles. The maximum atomic E-state index is 11.6. The molecule has 2 aromatic rings. The Bertz CT molecular complexity index is 589. The number of aromatic amines is 1. The van der Waals surface area contributed by atoms with Crippen LogP contribution in [0.1, 0.15) is 5.69 Å². The molecule has 0 amide bonds. The molecule has 2 rings (SSSR count). The second-order valence-electron chi connectivity index (χ2n) is 3.82. The molecule has 1 aromatic carbocycles. The summed E-state index contributed by atoms with van der Waals surface area (Å²) in [6, 6.07) is 10.7. The van der Waals surface area contributed by atoms with Gasteiger partial charge in [0.25, 0.3) is 0 Å². The average Bonchev–Trinajstić information content (AvgIpc) is 2.78. The number of nitrogens with one attached hydrogen (secondary N) is 2. The topological polar surface area (TPSA) is 62.0 Å². The van der Waals surface area contributed by atoms with E-state index in [2.05, 4.69) is 10.3 Å². The van der Waals surface area contributed by atoms with Gasteiger partial charge in [-0.25, -0.2) is 8.42 Å². The molecule has 0 fully saturated rings. The number of sulfone groups is 1. The van der Waals surface area contributed by atoms with Crippen LogP contribution in [0.2, 0.25) is 0 Å². The Hall–Kier alpha value is -1.75. The lowest BCUT2D eigenvalue weighted by Crippen LogP contribution is -2.06. The van der Waals surface area contributed by atoms with E-state index in [0.717, 1.165) is 5.69 Å². The largest absolute Gasteiger partial charge is 0.378 e. The van der Waals surface area contributed by atoms with Gasteiger partial charge in [0.05, 0.1) is 17.1 Å². The van der Waals surface area contributed by atoms with Gasteiger partial charge in [-0.05, 0) is 24.3 Å². The van der Waals surface area contributed by atoms with E-state index >= 15 is 0 Å². The Balaban J connectivity index is 2.22. The van der Waals surface area contributed by atoms with Crippen LogP contribution in [-0.4, -0.2) is 19.7 Å². The first-order chi connectivity index (χ1) is 8.07. The van der Waals surface area contributed by atoms with E-state index in [1.54, 1.807) is 18.2 Å². The highest BCUT2D eigenvalue weighted by molar-refractivity contribution is 7.90. The van der Waals surface area contributed by atoms with Crippen LogP contribution in [0.4, 0.5) is 5.69 Å². The molecule has 0 aliphatic heterocycles. The molecule has 0 saturated heterocycles. The van der Waals surface area contributed by atoms with E-state index in [4.69, 9.17) is 0 Å². The van der Waals surface area contributed by atoms with Crippen molar-refractivity contribution >= 4 is 15.5 Å². The Morgan fingerprint density at radius 2 is 1.94 bits per heavy atom. The van der Waals surface area contributed by atoms with Crippen LogP contribution in [0, 0.1) is 0 Å². The lowest BCUT2D eigenvalue weighted by molar-refractivity contribution is 0.602. The highest BCUT2D eigenvalue weighted by Gasteiger charge is 2.11. The molecule has 0 spiro atoms. The van der Waals surface area contributed by atoms with Crippen LogP contribution in [0.15, 0.2) is 47.5 Å². The van der Waals surface area contributed by atoms with Gasteiger partial charge in [-0.3, -0.25) is 0 Å². The third kappa shape index (κ3) is 2.88. The Morgan fingerprint density at radius 1 is 1.18 bits per heavy atom. The molecule has 4 nitrogen and oxygen atoms in total. The van der Waals surface area contributed by atoms with Gasteiger partial charge in [0.15, 0.2) is 9.84 Å². The van der Waals surface area contributed by atoms with Crippen molar-refractivity contribution < 1.29 is 8.42 Å². The minimum Gasteiger partial charge on any atom is -0.378 e. The first kappa shape index (κ1) is 11.7. The van der Waals surface area contributed by atoms with Gasteiger partial charge in [0.1, 0.15) is 0 Å². The van der Waals surface area contributed by atoms with E-state index in [9.17, 15) is 8.42 Å². The molecule has 0 aliphatic rings. The van der Waals surface area contributed by atoms with Crippen LogP contribution in [-0.2, 0) is 16.4 Å². The van der Waals surface area contributed by atoms with Crippen molar-refractivity contribution in [2.45, 2.75) is 11.4 Å². The molecule has 0 bridgehead atoms. The third-order valence-electron chi connectivity index (χ3n) is 2.42. The summed E-state index contributed by atoms with van der Waals surface area (Å²) in [5, 5.41) is 3.11. The number of rotatable bonds is 4. The van der Waals surface area contributed by atoms with Crippen LogP contribution >= 0.6 is 0 Å². The zero-order chi connectivity index (χ0) is 12.3. The Morgan fingerprint density at radius 3 is 2.59 bits per heavy atom. The molecule has 0 aliphatic carbocycles. The molecule has 90 valence electrons. The molecule has 0 saturated carbocycles. The number of anilines is 1. The van der Waals surface area contributed by atoms with Crippen molar-refractivity contribution in [1.29, 1.82) is 0 Å². The van der Waals surface area contributed by atoms with Gasteiger partial charge in [0, 0.05) is 18.1 Å². The number of hydrogen-bond acceptors (Lipinski definition) is 3. The van der Waals surface area contributed by atoms with Gasteiger partial charge in [-0.15, -0.1) is 0 Å². The fraction of sp³-hybridized carbons (Fsp3) is 0.167. The summed E-state index contributed by atoms with van der Waals surface area (Å²) >= 11 is 0. The molecule has 1 aromatic heterocycles. The molecule has 5 heteroatoms.